The molecule has 0 aromatic heterocycles. The van der Waals surface area contributed by atoms with Gasteiger partial charge in [0, 0.05) is 12.1 Å². The van der Waals surface area contributed by atoms with E-state index < -0.39 is 0 Å². The van der Waals surface area contributed by atoms with Crippen molar-refractivity contribution in [1.82, 2.24) is 4.90 Å². The Bertz CT molecular complexity index is 171. The highest BCUT2D eigenvalue weighted by Crippen LogP contribution is 2.37. The molecule has 13 heavy (non-hydrogen) atoms. The van der Waals surface area contributed by atoms with E-state index in [1.165, 1.54) is 25.7 Å². The molecule has 3 heterocycles. The number of nitrogens with zero attached hydrogens (tertiary/aromatic N) is 1. The lowest BCUT2D eigenvalue weighted by Crippen LogP contribution is -2.36. The van der Waals surface area contributed by atoms with E-state index in [2.05, 4.69) is 4.90 Å². The van der Waals surface area contributed by atoms with Crippen LogP contribution in [0.25, 0.3) is 0 Å². The van der Waals surface area contributed by atoms with Crippen LogP contribution >= 0.6 is 0 Å². The second-order valence-corrected chi connectivity index (χ2v) is 4.33. The minimum atomic E-state index is 0.0706. The Hall–Kier alpha value is -0.120. The van der Waals surface area contributed by atoms with Gasteiger partial charge >= 0.3 is 0 Å². The molecule has 3 aliphatic rings. The second kappa shape index (κ2) is 3.23. The van der Waals surface area contributed by atoms with E-state index in [4.69, 9.17) is 9.47 Å². The summed E-state index contributed by atoms with van der Waals surface area (Å²) in [6, 6.07) is 1.69. The summed E-state index contributed by atoms with van der Waals surface area (Å²) in [5, 5.41) is 0. The van der Waals surface area contributed by atoms with Gasteiger partial charge in [0.05, 0.1) is 19.8 Å². The smallest absolute Gasteiger partial charge is 0.170 e. The zero-order valence-corrected chi connectivity index (χ0v) is 7.95. The summed E-state index contributed by atoms with van der Waals surface area (Å²) in [4.78, 5) is 2.61. The Balaban J connectivity index is 1.60. The van der Waals surface area contributed by atoms with Crippen LogP contribution in [0.1, 0.15) is 25.7 Å². The summed E-state index contributed by atoms with van der Waals surface area (Å²) in [5.74, 6) is 0. The number of ether oxygens (including phenoxy) is 2. The van der Waals surface area contributed by atoms with E-state index in [0.717, 1.165) is 31.8 Å². The standard InChI is InChI=1S/C10H17NO2/c1-2-9-4-3-8(1)11(9)7-10-12-5-6-13-10/h8-10H,1-7H2. The van der Waals surface area contributed by atoms with Gasteiger partial charge in [-0.3, -0.25) is 4.90 Å². The first-order valence-corrected chi connectivity index (χ1v) is 5.42. The fourth-order valence-corrected chi connectivity index (χ4v) is 3.00. The number of hydrogen-bond donors (Lipinski definition) is 0. The van der Waals surface area contributed by atoms with Gasteiger partial charge in [-0.25, -0.2) is 0 Å². The highest BCUT2D eigenvalue weighted by atomic mass is 16.7. The van der Waals surface area contributed by atoms with Crippen LogP contribution in [-0.4, -0.2) is 43.0 Å². The van der Waals surface area contributed by atoms with Gasteiger partial charge in [0.2, 0.25) is 0 Å². The van der Waals surface area contributed by atoms with Crippen molar-refractivity contribution in [1.29, 1.82) is 0 Å². The average Bonchev–Trinajstić information content (AvgIpc) is 2.85. The molecule has 3 fully saturated rings. The average molecular weight is 183 g/mol. The summed E-state index contributed by atoms with van der Waals surface area (Å²) in [6.07, 6.45) is 5.67. The molecule has 0 aliphatic carbocycles. The van der Waals surface area contributed by atoms with Gasteiger partial charge in [0.25, 0.3) is 0 Å². The van der Waals surface area contributed by atoms with Crippen LogP contribution < -0.4 is 0 Å². The molecular formula is C10H17NO2. The fourth-order valence-electron chi connectivity index (χ4n) is 3.00. The van der Waals surface area contributed by atoms with E-state index in [9.17, 15) is 0 Å². The molecule has 0 amide bonds. The Morgan fingerprint density at radius 1 is 0.923 bits per heavy atom. The molecule has 3 saturated heterocycles. The molecule has 0 aromatic rings. The molecule has 0 unspecified atom stereocenters. The van der Waals surface area contributed by atoms with Crippen LogP contribution in [0.15, 0.2) is 0 Å². The van der Waals surface area contributed by atoms with Crippen molar-refractivity contribution in [3.63, 3.8) is 0 Å². The van der Waals surface area contributed by atoms with Crippen molar-refractivity contribution in [3.8, 4) is 0 Å². The lowest BCUT2D eigenvalue weighted by Gasteiger charge is -2.23. The van der Waals surface area contributed by atoms with Gasteiger partial charge in [-0.2, -0.15) is 0 Å². The van der Waals surface area contributed by atoms with Crippen molar-refractivity contribution in [2.24, 2.45) is 0 Å². The van der Waals surface area contributed by atoms with E-state index in [0.29, 0.717) is 0 Å². The summed E-state index contributed by atoms with van der Waals surface area (Å²) >= 11 is 0. The van der Waals surface area contributed by atoms with Crippen molar-refractivity contribution in [2.45, 2.75) is 44.1 Å². The summed E-state index contributed by atoms with van der Waals surface area (Å²) < 4.78 is 11.0. The molecule has 74 valence electrons. The molecule has 0 N–H and O–H groups in total. The Morgan fingerprint density at radius 2 is 1.46 bits per heavy atom. The molecule has 0 atom stereocenters. The lowest BCUT2D eigenvalue weighted by atomic mass is 10.0. The zero-order chi connectivity index (χ0) is 8.67. The maximum Gasteiger partial charge on any atom is 0.170 e. The van der Waals surface area contributed by atoms with Crippen LogP contribution in [0.5, 0.6) is 0 Å². The third-order valence-electron chi connectivity index (χ3n) is 3.65. The molecule has 3 aliphatic heterocycles. The fraction of sp³-hybridized carbons (Fsp3) is 1.00. The molecule has 0 saturated carbocycles. The summed E-state index contributed by atoms with van der Waals surface area (Å²) in [7, 11) is 0. The van der Waals surface area contributed by atoms with E-state index >= 15 is 0 Å². The summed E-state index contributed by atoms with van der Waals surface area (Å²) in [5.41, 5.74) is 0. The Labute approximate surface area is 79.0 Å². The van der Waals surface area contributed by atoms with E-state index in [1.54, 1.807) is 0 Å². The molecule has 0 radical (unpaired) electrons. The highest BCUT2D eigenvalue weighted by Gasteiger charge is 2.40. The number of fused-ring (bicyclic) bond motifs is 2. The van der Waals surface area contributed by atoms with Gasteiger partial charge in [0.15, 0.2) is 6.29 Å². The zero-order valence-electron chi connectivity index (χ0n) is 7.95. The third kappa shape index (κ3) is 1.39. The molecule has 3 rings (SSSR count). The lowest BCUT2D eigenvalue weighted by molar-refractivity contribution is -0.0648. The number of hydrogen-bond acceptors (Lipinski definition) is 3. The van der Waals surface area contributed by atoms with Gasteiger partial charge in [-0.1, -0.05) is 0 Å². The maximum atomic E-state index is 5.48. The molecule has 3 nitrogen and oxygen atoms in total. The van der Waals surface area contributed by atoms with Gasteiger partial charge in [-0.15, -0.1) is 0 Å². The normalized spacial score (nSPS) is 40.6. The van der Waals surface area contributed by atoms with Crippen LogP contribution in [0.4, 0.5) is 0 Å². The maximum absolute atomic E-state index is 5.48. The monoisotopic (exact) mass is 183 g/mol. The SMILES string of the molecule is C1COC(CN2C3CCC2CC3)O1. The van der Waals surface area contributed by atoms with Crippen molar-refractivity contribution >= 4 is 0 Å². The van der Waals surface area contributed by atoms with Crippen LogP contribution in [-0.2, 0) is 9.47 Å². The van der Waals surface area contributed by atoms with Crippen molar-refractivity contribution in [2.75, 3.05) is 19.8 Å². The van der Waals surface area contributed by atoms with Crippen molar-refractivity contribution in [3.05, 3.63) is 0 Å². The first-order valence-electron chi connectivity index (χ1n) is 5.42. The van der Waals surface area contributed by atoms with Crippen LogP contribution in [0.3, 0.4) is 0 Å². The molecular weight excluding hydrogens is 166 g/mol. The molecule has 0 aromatic carbocycles. The van der Waals surface area contributed by atoms with Gasteiger partial charge in [0.1, 0.15) is 0 Å². The Morgan fingerprint density at radius 3 is 2.00 bits per heavy atom. The van der Waals surface area contributed by atoms with Gasteiger partial charge in [-0.05, 0) is 25.7 Å². The number of rotatable bonds is 2. The predicted octanol–water partition coefficient (Wildman–Crippen LogP) is 0.986. The van der Waals surface area contributed by atoms with Crippen LogP contribution in [0, 0.1) is 0 Å². The third-order valence-corrected chi connectivity index (χ3v) is 3.65. The highest BCUT2D eigenvalue weighted by molar-refractivity contribution is 4.95. The minimum absolute atomic E-state index is 0.0706. The molecule has 0 spiro atoms. The van der Waals surface area contributed by atoms with E-state index in [1.807, 2.05) is 0 Å². The Kier molecular flexibility index (Phi) is 2.04. The van der Waals surface area contributed by atoms with Gasteiger partial charge < -0.3 is 9.47 Å². The largest absolute Gasteiger partial charge is 0.349 e. The molecule has 3 heteroatoms. The first-order chi connectivity index (χ1) is 6.43. The second-order valence-electron chi connectivity index (χ2n) is 4.33. The minimum Gasteiger partial charge on any atom is -0.349 e. The molecule has 2 bridgehead atoms. The first kappa shape index (κ1) is 8.21. The van der Waals surface area contributed by atoms with Crippen LogP contribution in [0.2, 0.25) is 0 Å². The predicted molar refractivity (Wildman–Crippen MR) is 48.4 cm³/mol. The van der Waals surface area contributed by atoms with E-state index in [-0.39, 0.29) is 6.29 Å². The topological polar surface area (TPSA) is 21.7 Å². The van der Waals surface area contributed by atoms with Crippen molar-refractivity contribution < 1.29 is 9.47 Å². The summed E-state index contributed by atoms with van der Waals surface area (Å²) in [6.45, 7) is 2.58. The quantitative estimate of drug-likeness (QED) is 0.637.